The number of benzene rings is 2. The standard InChI is InChI=1S/C18H19FN2O3/c19-15-8-6-14(7-9-15)18(23)21-12-11-20-17(22)10-13-24-16-4-2-1-3-5-16/h1-9H,10-13H2,(H,20,22)(H,21,23). The van der Waals surface area contributed by atoms with Gasteiger partial charge in [-0.3, -0.25) is 9.59 Å². The maximum Gasteiger partial charge on any atom is 0.251 e. The Balaban J connectivity index is 1.57. The van der Waals surface area contributed by atoms with Crippen molar-refractivity contribution in [3.63, 3.8) is 0 Å². The van der Waals surface area contributed by atoms with Gasteiger partial charge in [-0.2, -0.15) is 0 Å². The molecule has 0 atom stereocenters. The molecule has 2 aromatic rings. The zero-order valence-electron chi connectivity index (χ0n) is 13.1. The van der Waals surface area contributed by atoms with Crippen molar-refractivity contribution < 1.29 is 18.7 Å². The average Bonchev–Trinajstić information content (AvgIpc) is 2.60. The van der Waals surface area contributed by atoms with E-state index in [1.54, 1.807) is 0 Å². The van der Waals surface area contributed by atoms with E-state index in [1.807, 2.05) is 30.3 Å². The minimum absolute atomic E-state index is 0.151. The second-order valence-electron chi connectivity index (χ2n) is 5.02. The van der Waals surface area contributed by atoms with E-state index >= 15 is 0 Å². The highest BCUT2D eigenvalue weighted by molar-refractivity contribution is 5.94. The Morgan fingerprint density at radius 3 is 2.29 bits per heavy atom. The highest BCUT2D eigenvalue weighted by Gasteiger charge is 2.05. The van der Waals surface area contributed by atoms with Gasteiger partial charge in [0.1, 0.15) is 11.6 Å². The second kappa shape index (κ2) is 9.29. The summed E-state index contributed by atoms with van der Waals surface area (Å²) in [5, 5.41) is 5.34. The lowest BCUT2D eigenvalue weighted by atomic mass is 10.2. The lowest BCUT2D eigenvalue weighted by Gasteiger charge is -2.08. The highest BCUT2D eigenvalue weighted by Crippen LogP contribution is 2.08. The Morgan fingerprint density at radius 2 is 1.58 bits per heavy atom. The Bertz CT molecular complexity index is 660. The van der Waals surface area contributed by atoms with Crippen LogP contribution in [0.5, 0.6) is 5.75 Å². The van der Waals surface area contributed by atoms with Gasteiger partial charge in [0.05, 0.1) is 13.0 Å². The Kier molecular flexibility index (Phi) is 6.76. The SMILES string of the molecule is O=C(CCOc1ccccc1)NCCNC(=O)c1ccc(F)cc1. The molecule has 24 heavy (non-hydrogen) atoms. The first-order chi connectivity index (χ1) is 11.6. The van der Waals surface area contributed by atoms with Crippen LogP contribution >= 0.6 is 0 Å². The highest BCUT2D eigenvalue weighted by atomic mass is 19.1. The number of hydrogen-bond donors (Lipinski definition) is 2. The molecule has 0 bridgehead atoms. The predicted molar refractivity (Wildman–Crippen MR) is 88.3 cm³/mol. The maximum absolute atomic E-state index is 12.8. The first-order valence-electron chi connectivity index (χ1n) is 7.63. The second-order valence-corrected chi connectivity index (χ2v) is 5.02. The summed E-state index contributed by atoms with van der Waals surface area (Å²) < 4.78 is 18.2. The van der Waals surface area contributed by atoms with Crippen LogP contribution < -0.4 is 15.4 Å². The molecule has 0 aliphatic heterocycles. The topological polar surface area (TPSA) is 67.4 Å². The summed E-state index contributed by atoms with van der Waals surface area (Å²) in [5.41, 5.74) is 0.374. The number of nitrogens with one attached hydrogen (secondary N) is 2. The van der Waals surface area contributed by atoms with Crippen molar-refractivity contribution in [2.45, 2.75) is 6.42 Å². The third-order valence-electron chi connectivity index (χ3n) is 3.18. The fourth-order valence-corrected chi connectivity index (χ4v) is 1.95. The first kappa shape index (κ1) is 17.5. The maximum atomic E-state index is 12.8. The Labute approximate surface area is 139 Å². The molecule has 0 aromatic heterocycles. The number of para-hydroxylation sites is 1. The number of amides is 2. The van der Waals surface area contributed by atoms with E-state index in [1.165, 1.54) is 24.3 Å². The van der Waals surface area contributed by atoms with Gasteiger partial charge in [0.2, 0.25) is 5.91 Å². The van der Waals surface area contributed by atoms with E-state index in [0.717, 1.165) is 5.75 Å². The molecule has 6 heteroatoms. The average molecular weight is 330 g/mol. The Hall–Kier alpha value is -2.89. The van der Waals surface area contributed by atoms with Crippen molar-refractivity contribution in [3.8, 4) is 5.75 Å². The summed E-state index contributed by atoms with van der Waals surface area (Å²) in [6, 6.07) is 14.5. The van der Waals surface area contributed by atoms with Gasteiger partial charge in [-0.25, -0.2) is 4.39 Å². The summed E-state index contributed by atoms with van der Waals surface area (Å²) in [7, 11) is 0. The summed E-state index contributed by atoms with van der Waals surface area (Å²) in [5.74, 6) is -0.132. The molecule has 126 valence electrons. The molecule has 0 saturated heterocycles. The van der Waals surface area contributed by atoms with Crippen molar-refractivity contribution in [1.29, 1.82) is 0 Å². The quantitative estimate of drug-likeness (QED) is 0.729. The smallest absolute Gasteiger partial charge is 0.251 e. The molecule has 0 aliphatic carbocycles. The van der Waals surface area contributed by atoms with Crippen molar-refractivity contribution >= 4 is 11.8 Å². The number of carbonyl (C=O) groups is 2. The minimum atomic E-state index is -0.392. The molecule has 2 rings (SSSR count). The molecule has 5 nitrogen and oxygen atoms in total. The number of rotatable bonds is 8. The molecule has 0 aliphatic rings. The normalized spacial score (nSPS) is 10.0. The van der Waals surface area contributed by atoms with E-state index < -0.39 is 5.82 Å². The van der Waals surface area contributed by atoms with E-state index in [-0.39, 0.29) is 24.8 Å². The molecule has 0 spiro atoms. The first-order valence-corrected chi connectivity index (χ1v) is 7.63. The van der Waals surface area contributed by atoms with Gasteiger partial charge in [-0.15, -0.1) is 0 Å². The molecular weight excluding hydrogens is 311 g/mol. The Morgan fingerprint density at radius 1 is 0.917 bits per heavy atom. The summed E-state index contributed by atoms with van der Waals surface area (Å²) in [6.07, 6.45) is 0.237. The van der Waals surface area contributed by atoms with Crippen molar-refractivity contribution in [1.82, 2.24) is 10.6 Å². The third kappa shape index (κ3) is 6.08. The van der Waals surface area contributed by atoms with Gasteiger partial charge in [0.25, 0.3) is 5.91 Å². The van der Waals surface area contributed by atoms with Gasteiger partial charge >= 0.3 is 0 Å². The fraction of sp³-hybridized carbons (Fsp3) is 0.222. The number of halogens is 1. The molecule has 0 fully saturated rings. The van der Waals surface area contributed by atoms with Gasteiger partial charge < -0.3 is 15.4 Å². The third-order valence-corrected chi connectivity index (χ3v) is 3.18. The van der Waals surface area contributed by atoms with Crippen LogP contribution in [0, 0.1) is 5.82 Å². The van der Waals surface area contributed by atoms with Crippen LogP contribution in [0.15, 0.2) is 54.6 Å². The largest absolute Gasteiger partial charge is 0.493 e. The lowest BCUT2D eigenvalue weighted by Crippen LogP contribution is -2.35. The fourth-order valence-electron chi connectivity index (χ4n) is 1.95. The van der Waals surface area contributed by atoms with Crippen molar-refractivity contribution in [2.24, 2.45) is 0 Å². The van der Waals surface area contributed by atoms with Gasteiger partial charge in [0.15, 0.2) is 0 Å². The van der Waals surface area contributed by atoms with Crippen LogP contribution in [0.25, 0.3) is 0 Å². The lowest BCUT2D eigenvalue weighted by molar-refractivity contribution is -0.121. The van der Waals surface area contributed by atoms with E-state index in [2.05, 4.69) is 10.6 Å². The summed E-state index contributed by atoms with van der Waals surface area (Å²) >= 11 is 0. The summed E-state index contributed by atoms with van der Waals surface area (Å²) in [4.78, 5) is 23.4. The molecule has 0 saturated carbocycles. The van der Waals surface area contributed by atoms with Crippen LogP contribution in [0.3, 0.4) is 0 Å². The molecule has 2 amide bonds. The molecule has 2 N–H and O–H groups in total. The zero-order chi connectivity index (χ0) is 17.2. The molecule has 2 aromatic carbocycles. The van der Waals surface area contributed by atoms with Gasteiger partial charge in [0, 0.05) is 18.7 Å². The molecule has 0 unspecified atom stereocenters. The minimum Gasteiger partial charge on any atom is -0.493 e. The molecular formula is C18H19FN2O3. The number of hydrogen-bond acceptors (Lipinski definition) is 3. The molecule has 0 radical (unpaired) electrons. The van der Waals surface area contributed by atoms with E-state index in [9.17, 15) is 14.0 Å². The summed E-state index contributed by atoms with van der Waals surface area (Å²) in [6.45, 7) is 0.899. The van der Waals surface area contributed by atoms with Crippen LogP contribution in [0.4, 0.5) is 4.39 Å². The van der Waals surface area contributed by atoms with Crippen LogP contribution in [-0.4, -0.2) is 31.5 Å². The number of ether oxygens (including phenoxy) is 1. The van der Waals surface area contributed by atoms with E-state index in [0.29, 0.717) is 18.7 Å². The van der Waals surface area contributed by atoms with Crippen molar-refractivity contribution in [2.75, 3.05) is 19.7 Å². The monoisotopic (exact) mass is 330 g/mol. The van der Waals surface area contributed by atoms with Crippen molar-refractivity contribution in [3.05, 3.63) is 66.0 Å². The van der Waals surface area contributed by atoms with Gasteiger partial charge in [-0.05, 0) is 36.4 Å². The van der Waals surface area contributed by atoms with E-state index in [4.69, 9.17) is 4.74 Å². The van der Waals surface area contributed by atoms with Crippen LogP contribution in [-0.2, 0) is 4.79 Å². The zero-order valence-corrected chi connectivity index (χ0v) is 13.1. The number of carbonyl (C=O) groups excluding carboxylic acids is 2. The predicted octanol–water partition coefficient (Wildman–Crippen LogP) is 2.14. The van der Waals surface area contributed by atoms with Crippen LogP contribution in [0.2, 0.25) is 0 Å². The van der Waals surface area contributed by atoms with Gasteiger partial charge in [-0.1, -0.05) is 18.2 Å². The molecule has 0 heterocycles. The van der Waals surface area contributed by atoms with Crippen LogP contribution in [0.1, 0.15) is 16.8 Å².